The summed E-state index contributed by atoms with van der Waals surface area (Å²) in [5.41, 5.74) is -1.05. The van der Waals surface area contributed by atoms with Crippen molar-refractivity contribution in [1.29, 1.82) is 5.41 Å². The quantitative estimate of drug-likeness (QED) is 0.209. The zero-order valence-electron chi connectivity index (χ0n) is 15.1. The van der Waals surface area contributed by atoms with E-state index in [2.05, 4.69) is 5.32 Å². The lowest BCUT2D eigenvalue weighted by atomic mass is 9.92. The second-order valence-corrected chi connectivity index (χ2v) is 9.80. The smallest absolute Gasteiger partial charge is 0.389 e. The van der Waals surface area contributed by atoms with E-state index in [4.69, 9.17) is 10.5 Å². The Morgan fingerprint density at radius 2 is 1.69 bits per heavy atom. The number of halogens is 3. The number of amidine groups is 1. The van der Waals surface area contributed by atoms with Gasteiger partial charge >= 0.3 is 6.18 Å². The number of carbonyl (C=O) groups is 1. The van der Waals surface area contributed by atoms with E-state index in [9.17, 15) is 32.2 Å². The van der Waals surface area contributed by atoms with Crippen LogP contribution < -0.4 is 5.32 Å². The molecule has 0 saturated carbocycles. The second-order valence-electron chi connectivity index (χ2n) is 7.04. The molecular weight excluding hydrogens is 377 g/mol. The topological polar surface area (TPSA) is 134 Å². The summed E-state index contributed by atoms with van der Waals surface area (Å²) < 4.78 is 55.0. The fraction of sp³-hybridized carbons (Fsp3) is 0.733. The minimum absolute atomic E-state index is 0.375. The number of aliphatic hydroxyl groups is 2. The maximum Gasteiger partial charge on any atom is 0.389 e. The van der Waals surface area contributed by atoms with Crippen molar-refractivity contribution in [3.8, 4) is 0 Å². The molecule has 0 rings (SSSR count). The van der Waals surface area contributed by atoms with Gasteiger partial charge in [0.2, 0.25) is 5.91 Å². The van der Waals surface area contributed by atoms with E-state index >= 15 is 0 Å². The molecule has 0 fully saturated rings. The Morgan fingerprint density at radius 1 is 1.19 bits per heavy atom. The Bertz CT molecular complexity index is 560. The summed E-state index contributed by atoms with van der Waals surface area (Å²) in [6.45, 7) is 4.88. The first-order valence-corrected chi connectivity index (χ1v) is 9.42. The van der Waals surface area contributed by atoms with Crippen LogP contribution in [0.1, 0.15) is 40.5 Å². The van der Waals surface area contributed by atoms with Gasteiger partial charge in [0, 0.05) is 23.7 Å². The number of hydrogen-bond donors (Lipinski definition) is 6. The van der Waals surface area contributed by atoms with Gasteiger partial charge < -0.3 is 15.5 Å². The van der Waals surface area contributed by atoms with Crippen molar-refractivity contribution in [1.82, 2.24) is 5.32 Å². The van der Waals surface area contributed by atoms with Crippen molar-refractivity contribution in [2.75, 3.05) is 12.4 Å². The number of carbonyl (C=O) groups excluding carboxylic acids is 1. The Kier molecular flexibility index (Phi) is 8.16. The molecule has 0 aromatic rings. The van der Waals surface area contributed by atoms with Gasteiger partial charge in [-0.25, -0.2) is 0 Å². The molecule has 11 heteroatoms. The van der Waals surface area contributed by atoms with Crippen LogP contribution in [0.15, 0.2) is 11.8 Å². The predicted octanol–water partition coefficient (Wildman–Crippen LogP) is 3.41. The standard InChI is InChI=1S/C15H27F3N2O5S/c1-13(2,9-21)10(22)8-11(19)20-12(23)14(3,4)26(24,25)7-5-6-15(16,17)18/h8,21-22,24-25H,5-7,9H2,1-4H3,(H2,19,20,23)/b10-8-. The first kappa shape index (κ1) is 24.7. The molecule has 154 valence electrons. The predicted molar refractivity (Wildman–Crippen MR) is 94.5 cm³/mol. The van der Waals surface area contributed by atoms with E-state index in [0.717, 1.165) is 19.9 Å². The summed E-state index contributed by atoms with van der Waals surface area (Å²) in [7, 11) is -3.72. The van der Waals surface area contributed by atoms with Crippen LogP contribution in [0.3, 0.4) is 0 Å². The van der Waals surface area contributed by atoms with Crippen LogP contribution in [0.4, 0.5) is 13.2 Å². The highest BCUT2D eigenvalue weighted by molar-refractivity contribution is 8.26. The van der Waals surface area contributed by atoms with Crippen LogP contribution in [0, 0.1) is 10.8 Å². The van der Waals surface area contributed by atoms with Gasteiger partial charge in [0.15, 0.2) is 0 Å². The Labute approximate surface area is 152 Å². The van der Waals surface area contributed by atoms with Crippen molar-refractivity contribution >= 4 is 22.3 Å². The molecule has 0 unspecified atom stereocenters. The van der Waals surface area contributed by atoms with Crippen molar-refractivity contribution in [2.24, 2.45) is 5.41 Å². The van der Waals surface area contributed by atoms with Gasteiger partial charge in [-0.3, -0.25) is 19.3 Å². The van der Waals surface area contributed by atoms with Crippen molar-refractivity contribution in [3.63, 3.8) is 0 Å². The molecule has 0 aromatic heterocycles. The summed E-state index contributed by atoms with van der Waals surface area (Å²) in [4.78, 5) is 12.2. The van der Waals surface area contributed by atoms with Gasteiger partial charge in [0.05, 0.1) is 6.61 Å². The van der Waals surface area contributed by atoms with Gasteiger partial charge in [0.25, 0.3) is 0 Å². The highest BCUT2D eigenvalue weighted by atomic mass is 32.3. The number of amides is 1. The molecule has 0 aliphatic heterocycles. The van der Waals surface area contributed by atoms with Crippen molar-refractivity contribution < 1.29 is 37.3 Å². The molecule has 0 aliphatic carbocycles. The van der Waals surface area contributed by atoms with Gasteiger partial charge in [-0.05, 0) is 20.3 Å². The molecule has 0 spiro atoms. The number of hydrogen-bond acceptors (Lipinski definition) is 6. The van der Waals surface area contributed by atoms with E-state index in [1.54, 1.807) is 0 Å². The number of nitrogens with one attached hydrogen (secondary N) is 2. The van der Waals surface area contributed by atoms with Gasteiger partial charge in [-0.1, -0.05) is 13.8 Å². The zero-order chi connectivity index (χ0) is 21.0. The molecule has 0 aliphatic rings. The van der Waals surface area contributed by atoms with Crippen molar-refractivity contribution in [2.45, 2.75) is 51.5 Å². The molecule has 0 radical (unpaired) electrons. The number of alkyl halides is 3. The molecule has 26 heavy (non-hydrogen) atoms. The number of aliphatic hydroxyl groups excluding tert-OH is 2. The maximum atomic E-state index is 12.2. The Balaban J connectivity index is 5.05. The van der Waals surface area contributed by atoms with Crippen LogP contribution in [-0.2, 0) is 4.79 Å². The average Bonchev–Trinajstić information content (AvgIpc) is 2.44. The summed E-state index contributed by atoms with van der Waals surface area (Å²) in [6.07, 6.45) is -5.31. The lowest BCUT2D eigenvalue weighted by molar-refractivity contribution is -0.134. The molecule has 0 saturated heterocycles. The molecular formula is C15H27F3N2O5S. The Hall–Kier alpha value is -1.30. The summed E-state index contributed by atoms with van der Waals surface area (Å²) in [6, 6.07) is 0. The third-order valence-corrected chi connectivity index (χ3v) is 6.55. The van der Waals surface area contributed by atoms with Gasteiger partial charge in [-0.2, -0.15) is 23.8 Å². The fourth-order valence-electron chi connectivity index (χ4n) is 1.60. The largest absolute Gasteiger partial charge is 0.512 e. The molecule has 7 nitrogen and oxygen atoms in total. The van der Waals surface area contributed by atoms with E-state index < -0.39 is 63.9 Å². The molecule has 0 bridgehead atoms. The molecule has 0 heterocycles. The van der Waals surface area contributed by atoms with E-state index in [-0.39, 0.29) is 5.76 Å². The average molecular weight is 404 g/mol. The maximum absolute atomic E-state index is 12.2. The van der Waals surface area contributed by atoms with Crippen LogP contribution >= 0.6 is 10.6 Å². The third kappa shape index (κ3) is 7.14. The van der Waals surface area contributed by atoms with Crippen LogP contribution in [0.25, 0.3) is 0 Å². The summed E-state index contributed by atoms with van der Waals surface area (Å²) >= 11 is 0. The van der Waals surface area contributed by atoms with E-state index in [1.807, 2.05) is 0 Å². The first-order chi connectivity index (χ1) is 11.5. The minimum atomic E-state index is -4.44. The zero-order valence-corrected chi connectivity index (χ0v) is 16.0. The highest BCUT2D eigenvalue weighted by Gasteiger charge is 2.42. The third-order valence-electron chi connectivity index (χ3n) is 3.87. The van der Waals surface area contributed by atoms with Crippen molar-refractivity contribution in [3.05, 3.63) is 11.8 Å². The van der Waals surface area contributed by atoms with Gasteiger partial charge in [-0.15, -0.1) is 0 Å². The SMILES string of the molecule is CC(C)(CO)/C(O)=C/C(=N)NC(=O)C(C)(C)S(O)(O)CCCC(F)(F)F. The summed E-state index contributed by atoms with van der Waals surface area (Å²) in [5, 5.41) is 28.7. The number of rotatable bonds is 8. The normalized spacial score (nSPS) is 14.9. The Morgan fingerprint density at radius 3 is 2.12 bits per heavy atom. The first-order valence-electron chi connectivity index (χ1n) is 7.70. The molecule has 1 amide bonds. The monoisotopic (exact) mass is 404 g/mol. The lowest BCUT2D eigenvalue weighted by Crippen LogP contribution is -2.48. The molecule has 0 atom stereocenters. The molecule has 6 N–H and O–H groups in total. The van der Waals surface area contributed by atoms with E-state index in [0.29, 0.717) is 0 Å². The fourth-order valence-corrected chi connectivity index (χ4v) is 3.00. The summed E-state index contributed by atoms with van der Waals surface area (Å²) in [5.74, 6) is -2.54. The highest BCUT2D eigenvalue weighted by Crippen LogP contribution is 2.53. The van der Waals surface area contributed by atoms with Gasteiger partial charge in [0.1, 0.15) is 16.3 Å². The lowest BCUT2D eigenvalue weighted by Gasteiger charge is -2.45. The molecule has 0 aromatic carbocycles. The minimum Gasteiger partial charge on any atom is -0.512 e. The van der Waals surface area contributed by atoms with Crippen LogP contribution in [0.2, 0.25) is 0 Å². The van der Waals surface area contributed by atoms with E-state index in [1.165, 1.54) is 13.8 Å². The second kappa shape index (κ2) is 8.59. The van der Waals surface area contributed by atoms with Crippen LogP contribution in [0.5, 0.6) is 0 Å². The van der Waals surface area contributed by atoms with Crippen LogP contribution in [-0.4, -0.2) is 54.3 Å².